The van der Waals surface area contributed by atoms with Gasteiger partial charge in [0.2, 0.25) is 0 Å². The van der Waals surface area contributed by atoms with Gasteiger partial charge in [0.25, 0.3) is 11.5 Å². The molecule has 0 aliphatic carbocycles. The molecule has 0 spiro atoms. The van der Waals surface area contributed by atoms with Crippen molar-refractivity contribution in [2.24, 2.45) is 0 Å². The molecule has 0 unspecified atom stereocenters. The number of carbonyl (C=O) groups excluding carboxylic acids is 1. The number of pyridine rings is 1. The highest BCUT2D eigenvalue weighted by atomic mass is 32.2. The van der Waals surface area contributed by atoms with Gasteiger partial charge in [-0.15, -0.1) is 0 Å². The van der Waals surface area contributed by atoms with E-state index in [1.807, 2.05) is 6.08 Å². The molecule has 2 aliphatic heterocycles. The molecule has 0 radical (unpaired) electrons. The Morgan fingerprint density at radius 1 is 0.952 bits per heavy atom. The van der Waals surface area contributed by atoms with E-state index in [9.17, 15) is 19.2 Å². The minimum absolute atomic E-state index is 0.109. The largest absolute Gasteiger partial charge is 0.368 e. The number of amides is 1. The van der Waals surface area contributed by atoms with Crippen molar-refractivity contribution < 1.29 is 9.18 Å². The molecule has 0 saturated carbocycles. The number of thiocarbonyl (C=S) groups is 1. The first-order chi connectivity index (χ1) is 20.3. The topological polar surface area (TPSA) is 72.6 Å². The van der Waals surface area contributed by atoms with Crippen molar-refractivity contribution in [1.82, 2.24) is 9.47 Å². The van der Waals surface area contributed by atoms with E-state index >= 15 is 0 Å². The molecule has 4 rings (SSSR count). The summed E-state index contributed by atoms with van der Waals surface area (Å²) in [4.78, 5) is 33.7. The van der Waals surface area contributed by atoms with Gasteiger partial charge < -0.3 is 9.80 Å². The van der Waals surface area contributed by atoms with Gasteiger partial charge in [0.1, 0.15) is 27.6 Å². The van der Waals surface area contributed by atoms with Crippen LogP contribution in [0.15, 0.2) is 34.0 Å². The van der Waals surface area contributed by atoms with Gasteiger partial charge in [-0.05, 0) is 55.7 Å². The lowest BCUT2D eigenvalue weighted by Crippen LogP contribution is -2.48. The minimum Gasteiger partial charge on any atom is -0.368 e. The fraction of sp³-hybridized carbons (Fsp3) is 0.500. The number of anilines is 2. The Morgan fingerprint density at radius 2 is 1.60 bits per heavy atom. The third kappa shape index (κ3) is 7.07. The molecule has 0 N–H and O–H groups in total. The molecule has 0 atom stereocenters. The Labute approximate surface area is 258 Å². The highest BCUT2D eigenvalue weighted by Crippen LogP contribution is 2.36. The van der Waals surface area contributed by atoms with Gasteiger partial charge in [-0.1, -0.05) is 69.9 Å². The van der Waals surface area contributed by atoms with Crippen LogP contribution in [0.3, 0.4) is 0 Å². The summed E-state index contributed by atoms with van der Waals surface area (Å²) in [5, 5.41) is 9.98. The monoisotopic (exact) mass is 609 g/mol. The van der Waals surface area contributed by atoms with Crippen molar-refractivity contribution in [3.05, 3.63) is 62.0 Å². The van der Waals surface area contributed by atoms with Crippen LogP contribution in [0.2, 0.25) is 0 Å². The van der Waals surface area contributed by atoms with Crippen LogP contribution in [0.4, 0.5) is 15.9 Å². The van der Waals surface area contributed by atoms with Gasteiger partial charge in [0.05, 0.1) is 4.91 Å². The number of nitriles is 1. The number of halogens is 1. The first-order valence-corrected chi connectivity index (χ1v) is 16.2. The summed E-state index contributed by atoms with van der Waals surface area (Å²) in [6.45, 7) is 9.76. The fourth-order valence-corrected chi connectivity index (χ4v) is 6.82. The third-order valence-corrected chi connectivity index (χ3v) is 9.36. The SMILES string of the molecule is CCCCCCCN1C(=O)/C(=C/c2c(C)c(C#N)c(=O)n(CCCC)c2N2CCN(c3ccc(F)cc3)CC2)SC1=S. The lowest BCUT2D eigenvalue weighted by Gasteiger charge is -2.39. The van der Waals surface area contributed by atoms with Crippen LogP contribution >= 0.6 is 24.0 Å². The molecule has 2 saturated heterocycles. The third-order valence-electron chi connectivity index (χ3n) is 7.99. The zero-order valence-electron chi connectivity index (χ0n) is 24.8. The maximum Gasteiger partial charge on any atom is 0.270 e. The van der Waals surface area contributed by atoms with Crippen LogP contribution < -0.4 is 15.4 Å². The Balaban J connectivity index is 1.69. The number of benzene rings is 1. The van der Waals surface area contributed by atoms with Gasteiger partial charge in [0, 0.05) is 50.5 Å². The number of nitrogens with zero attached hydrogens (tertiary/aromatic N) is 5. The number of carbonyl (C=O) groups is 1. The normalized spacial score (nSPS) is 16.5. The molecule has 2 aliphatic rings. The van der Waals surface area contributed by atoms with Crippen molar-refractivity contribution in [1.29, 1.82) is 5.26 Å². The highest BCUT2D eigenvalue weighted by molar-refractivity contribution is 8.26. The van der Waals surface area contributed by atoms with E-state index in [0.717, 1.165) is 55.6 Å². The molecule has 2 aromatic rings. The Bertz CT molecular complexity index is 1420. The Hall–Kier alpha value is -3.16. The summed E-state index contributed by atoms with van der Waals surface area (Å²) < 4.78 is 15.8. The van der Waals surface area contributed by atoms with Gasteiger partial charge in [-0.3, -0.25) is 19.1 Å². The van der Waals surface area contributed by atoms with E-state index in [0.29, 0.717) is 54.1 Å². The fourth-order valence-electron chi connectivity index (χ4n) is 5.53. The number of thioether (sulfide) groups is 1. The summed E-state index contributed by atoms with van der Waals surface area (Å²) in [7, 11) is 0. The molecule has 1 aromatic heterocycles. The van der Waals surface area contributed by atoms with Gasteiger partial charge in [-0.25, -0.2) is 4.39 Å². The van der Waals surface area contributed by atoms with Crippen LogP contribution in [0, 0.1) is 24.1 Å². The molecular formula is C32H40FN5O2S2. The predicted octanol–water partition coefficient (Wildman–Crippen LogP) is 6.47. The van der Waals surface area contributed by atoms with Crippen molar-refractivity contribution >= 4 is 51.8 Å². The lowest BCUT2D eigenvalue weighted by molar-refractivity contribution is -0.122. The first kappa shape index (κ1) is 31.8. The van der Waals surface area contributed by atoms with Gasteiger partial charge in [0.15, 0.2) is 0 Å². The highest BCUT2D eigenvalue weighted by Gasteiger charge is 2.33. The summed E-state index contributed by atoms with van der Waals surface area (Å²) in [6.07, 6.45) is 8.99. The van der Waals surface area contributed by atoms with Crippen molar-refractivity contribution in [2.45, 2.75) is 72.3 Å². The summed E-state index contributed by atoms with van der Waals surface area (Å²) in [6, 6.07) is 8.63. The molecule has 2 fully saturated rings. The van der Waals surface area contributed by atoms with Crippen LogP contribution in [0.5, 0.6) is 0 Å². The van der Waals surface area contributed by atoms with E-state index in [-0.39, 0.29) is 22.8 Å². The molecule has 224 valence electrons. The van der Waals surface area contributed by atoms with Crippen molar-refractivity contribution in [3.63, 3.8) is 0 Å². The predicted molar refractivity (Wildman–Crippen MR) is 175 cm³/mol. The number of unbranched alkanes of at least 4 members (excludes halogenated alkanes) is 5. The summed E-state index contributed by atoms with van der Waals surface area (Å²) in [5.74, 6) is 0.363. The first-order valence-electron chi connectivity index (χ1n) is 15.0. The van der Waals surface area contributed by atoms with E-state index < -0.39 is 0 Å². The van der Waals surface area contributed by atoms with Crippen LogP contribution in [0.1, 0.15) is 75.5 Å². The molecule has 3 heterocycles. The lowest BCUT2D eigenvalue weighted by atomic mass is 10.0. The molecule has 7 nitrogen and oxygen atoms in total. The number of hydrogen-bond donors (Lipinski definition) is 0. The molecule has 42 heavy (non-hydrogen) atoms. The molecule has 10 heteroatoms. The van der Waals surface area contributed by atoms with Crippen LogP contribution in [-0.2, 0) is 11.3 Å². The van der Waals surface area contributed by atoms with Crippen LogP contribution in [-0.4, -0.2) is 52.4 Å². The average Bonchev–Trinajstić information content (AvgIpc) is 3.26. The second-order valence-corrected chi connectivity index (χ2v) is 12.5. The number of rotatable bonds is 12. The zero-order valence-corrected chi connectivity index (χ0v) is 26.5. The van der Waals surface area contributed by atoms with E-state index in [1.165, 1.54) is 30.3 Å². The number of hydrogen-bond acceptors (Lipinski definition) is 7. The van der Waals surface area contributed by atoms with E-state index in [1.54, 1.807) is 28.5 Å². The average molecular weight is 610 g/mol. The Morgan fingerprint density at radius 3 is 2.24 bits per heavy atom. The smallest absolute Gasteiger partial charge is 0.270 e. The molecule has 0 bridgehead atoms. The molecule has 1 aromatic carbocycles. The number of aromatic nitrogens is 1. The van der Waals surface area contributed by atoms with E-state index in [2.05, 4.69) is 29.7 Å². The summed E-state index contributed by atoms with van der Waals surface area (Å²) >= 11 is 6.89. The second kappa shape index (κ2) is 14.8. The maximum atomic E-state index is 13.6. The second-order valence-electron chi connectivity index (χ2n) is 10.9. The Kier molecular flexibility index (Phi) is 11.2. The van der Waals surface area contributed by atoms with Crippen molar-refractivity contribution in [2.75, 3.05) is 42.5 Å². The maximum absolute atomic E-state index is 13.6. The van der Waals surface area contributed by atoms with E-state index in [4.69, 9.17) is 12.2 Å². The molecular weight excluding hydrogens is 570 g/mol. The molecule has 1 amide bonds. The van der Waals surface area contributed by atoms with Gasteiger partial charge >= 0.3 is 0 Å². The quantitative estimate of drug-likeness (QED) is 0.155. The van der Waals surface area contributed by atoms with Crippen molar-refractivity contribution in [3.8, 4) is 6.07 Å². The zero-order chi connectivity index (χ0) is 30.2. The minimum atomic E-state index is -0.295. The van der Waals surface area contributed by atoms with Crippen LogP contribution in [0.25, 0.3) is 6.08 Å². The standard InChI is InChI=1S/C32H40FN5O2S2/c1-4-6-8-9-10-16-38-31(40)28(42-32(38)41)21-26-23(3)27(22-34)30(39)37(15-7-5-2)29(26)36-19-17-35(18-20-36)25-13-11-24(33)12-14-25/h11-14,21H,4-10,15-20H2,1-3H3/b28-21-. The summed E-state index contributed by atoms with van der Waals surface area (Å²) in [5.41, 5.74) is 2.07. The number of piperazine rings is 1. The van der Waals surface area contributed by atoms with Gasteiger partial charge in [-0.2, -0.15) is 5.26 Å².